The lowest BCUT2D eigenvalue weighted by Crippen LogP contribution is -2.38. The summed E-state index contributed by atoms with van der Waals surface area (Å²) in [6.07, 6.45) is 6.53. The molecule has 0 bridgehead atoms. The fraction of sp³-hybridized carbons (Fsp3) is 0.450. The van der Waals surface area contributed by atoms with E-state index in [9.17, 15) is 4.79 Å². The molecule has 1 aromatic carbocycles. The molecule has 0 aliphatic carbocycles. The van der Waals surface area contributed by atoms with Crippen LogP contribution in [-0.4, -0.2) is 47.5 Å². The number of Topliss-reactive ketones (excluding diaryl/α,β-unsaturated/α-hetero) is 1. The lowest BCUT2D eigenvalue weighted by atomic mass is 9.90. The first kappa shape index (κ1) is 17.7. The molecule has 0 N–H and O–H groups in total. The fourth-order valence-electron chi connectivity index (χ4n) is 3.30. The molecule has 0 saturated carbocycles. The van der Waals surface area contributed by atoms with E-state index in [1.165, 1.54) is 0 Å². The third kappa shape index (κ3) is 4.94. The van der Waals surface area contributed by atoms with Crippen LogP contribution in [0.4, 0.5) is 0 Å². The van der Waals surface area contributed by atoms with E-state index in [0.29, 0.717) is 6.61 Å². The van der Waals surface area contributed by atoms with Crippen LogP contribution in [0, 0.1) is 5.92 Å². The summed E-state index contributed by atoms with van der Waals surface area (Å²) in [5, 5.41) is 0. The molecule has 1 unspecified atom stereocenters. The molecule has 25 heavy (non-hydrogen) atoms. The predicted octanol–water partition coefficient (Wildman–Crippen LogP) is 2.76. The van der Waals surface area contributed by atoms with Crippen molar-refractivity contribution < 1.29 is 9.53 Å². The number of piperidine rings is 1. The Morgan fingerprint density at radius 2 is 2.00 bits per heavy atom. The molecule has 3 rings (SSSR count). The zero-order chi connectivity index (χ0) is 17.5. The molecule has 0 spiro atoms. The molecule has 5 heteroatoms. The van der Waals surface area contributed by atoms with Gasteiger partial charge in [0.15, 0.2) is 5.78 Å². The summed E-state index contributed by atoms with van der Waals surface area (Å²) in [4.78, 5) is 23.8. The van der Waals surface area contributed by atoms with Crippen molar-refractivity contribution in [1.29, 1.82) is 0 Å². The van der Waals surface area contributed by atoms with Crippen molar-refractivity contribution in [3.05, 3.63) is 59.7 Å². The number of methoxy groups -OCH3 is 1. The summed E-state index contributed by atoms with van der Waals surface area (Å²) >= 11 is 0. The van der Waals surface area contributed by atoms with Gasteiger partial charge in [0.1, 0.15) is 5.82 Å². The van der Waals surface area contributed by atoms with Crippen LogP contribution < -0.4 is 0 Å². The van der Waals surface area contributed by atoms with Crippen LogP contribution in [0.2, 0.25) is 0 Å². The number of likely N-dealkylation sites (tertiary alicyclic amines) is 1. The summed E-state index contributed by atoms with van der Waals surface area (Å²) in [5.74, 6) is 1.15. The van der Waals surface area contributed by atoms with Gasteiger partial charge in [0.2, 0.25) is 0 Å². The number of aromatic nitrogens is 2. The van der Waals surface area contributed by atoms with Gasteiger partial charge in [-0.1, -0.05) is 30.3 Å². The lowest BCUT2D eigenvalue weighted by molar-refractivity contribution is 0.0811. The Morgan fingerprint density at radius 1 is 1.24 bits per heavy atom. The minimum absolute atomic E-state index is 0.0815. The number of rotatable bonds is 7. The Morgan fingerprint density at radius 3 is 2.72 bits per heavy atom. The molecule has 0 amide bonds. The second kappa shape index (κ2) is 8.83. The highest BCUT2D eigenvalue weighted by Crippen LogP contribution is 2.22. The van der Waals surface area contributed by atoms with E-state index in [4.69, 9.17) is 4.74 Å². The normalized spacial score (nSPS) is 18.2. The van der Waals surface area contributed by atoms with Gasteiger partial charge in [0.05, 0.1) is 6.61 Å². The van der Waals surface area contributed by atoms with Gasteiger partial charge in [-0.3, -0.25) is 9.69 Å². The van der Waals surface area contributed by atoms with Gasteiger partial charge >= 0.3 is 0 Å². The minimum atomic E-state index is 0.0815. The molecule has 1 fully saturated rings. The van der Waals surface area contributed by atoms with Crippen LogP contribution in [0.5, 0.6) is 0 Å². The first-order valence-electron chi connectivity index (χ1n) is 8.86. The highest BCUT2D eigenvalue weighted by molar-refractivity contribution is 5.98. The topological polar surface area (TPSA) is 55.3 Å². The van der Waals surface area contributed by atoms with Crippen LogP contribution in [0.15, 0.2) is 42.7 Å². The monoisotopic (exact) mass is 339 g/mol. The number of hydrogen-bond acceptors (Lipinski definition) is 5. The maximum atomic E-state index is 12.7. The first-order valence-corrected chi connectivity index (χ1v) is 8.86. The number of hydrogen-bond donors (Lipinski definition) is 0. The summed E-state index contributed by atoms with van der Waals surface area (Å²) in [7, 11) is 1.68. The Labute approximate surface area is 149 Å². The van der Waals surface area contributed by atoms with Crippen LogP contribution >= 0.6 is 0 Å². The minimum Gasteiger partial charge on any atom is -0.384 e. The van der Waals surface area contributed by atoms with E-state index >= 15 is 0 Å². The number of nitrogens with zero attached hydrogens (tertiary/aromatic N) is 3. The molecular formula is C20H25N3O2. The van der Waals surface area contributed by atoms with Gasteiger partial charge in [0.25, 0.3) is 0 Å². The summed E-state index contributed by atoms with van der Waals surface area (Å²) in [6, 6.07) is 9.62. The summed E-state index contributed by atoms with van der Waals surface area (Å²) in [6.45, 7) is 3.25. The number of carbonyl (C=O) groups excluding carboxylic acids is 1. The molecule has 2 aromatic rings. The van der Waals surface area contributed by atoms with E-state index in [0.717, 1.165) is 55.8 Å². The molecule has 5 nitrogen and oxygen atoms in total. The van der Waals surface area contributed by atoms with E-state index < -0.39 is 0 Å². The fourth-order valence-corrected chi connectivity index (χ4v) is 3.30. The number of carbonyl (C=O) groups is 1. The largest absolute Gasteiger partial charge is 0.384 e. The predicted molar refractivity (Wildman–Crippen MR) is 96.4 cm³/mol. The zero-order valence-electron chi connectivity index (χ0n) is 14.7. The van der Waals surface area contributed by atoms with Crippen LogP contribution in [-0.2, 0) is 17.7 Å². The molecule has 1 aliphatic heterocycles. The van der Waals surface area contributed by atoms with Crippen molar-refractivity contribution in [2.75, 3.05) is 26.8 Å². The summed E-state index contributed by atoms with van der Waals surface area (Å²) < 4.78 is 5.05. The van der Waals surface area contributed by atoms with E-state index in [2.05, 4.69) is 14.9 Å². The quantitative estimate of drug-likeness (QED) is 0.726. The van der Waals surface area contributed by atoms with Gasteiger partial charge < -0.3 is 4.74 Å². The smallest absolute Gasteiger partial charge is 0.167 e. The maximum absolute atomic E-state index is 12.7. The van der Waals surface area contributed by atoms with Crippen molar-refractivity contribution in [3.63, 3.8) is 0 Å². The Hall–Kier alpha value is -2.11. The van der Waals surface area contributed by atoms with E-state index in [-0.39, 0.29) is 11.7 Å². The van der Waals surface area contributed by atoms with Crippen molar-refractivity contribution in [2.45, 2.75) is 25.8 Å². The second-order valence-electron chi connectivity index (χ2n) is 6.55. The maximum Gasteiger partial charge on any atom is 0.167 e. The Kier molecular flexibility index (Phi) is 6.25. The van der Waals surface area contributed by atoms with Crippen LogP contribution in [0.3, 0.4) is 0 Å². The van der Waals surface area contributed by atoms with E-state index in [1.807, 2.05) is 42.7 Å². The number of ketones is 1. The van der Waals surface area contributed by atoms with Crippen molar-refractivity contribution in [3.8, 4) is 0 Å². The molecule has 2 heterocycles. The molecule has 1 atom stereocenters. The number of benzene rings is 1. The Balaban J connectivity index is 1.57. The van der Waals surface area contributed by atoms with Crippen LogP contribution in [0.25, 0.3) is 0 Å². The standard InChI is InChI=1S/C20H25N3O2/c1-25-11-9-19-21-12-16(13-22-19)14-23-10-5-8-18(15-23)20(24)17-6-3-2-4-7-17/h2-4,6-7,12-13,18H,5,8-11,14-15H2,1H3. The van der Waals surface area contributed by atoms with Crippen molar-refractivity contribution in [2.24, 2.45) is 5.92 Å². The van der Waals surface area contributed by atoms with Gasteiger partial charge in [-0.25, -0.2) is 9.97 Å². The van der Waals surface area contributed by atoms with Crippen LogP contribution in [0.1, 0.15) is 34.6 Å². The lowest BCUT2D eigenvalue weighted by Gasteiger charge is -2.31. The third-order valence-corrected chi connectivity index (χ3v) is 4.63. The molecule has 1 aromatic heterocycles. The van der Waals surface area contributed by atoms with Gasteiger partial charge in [-0.05, 0) is 19.4 Å². The van der Waals surface area contributed by atoms with Gasteiger partial charge in [0, 0.05) is 56.1 Å². The van der Waals surface area contributed by atoms with Gasteiger partial charge in [-0.15, -0.1) is 0 Å². The van der Waals surface area contributed by atoms with Crippen molar-refractivity contribution >= 4 is 5.78 Å². The van der Waals surface area contributed by atoms with E-state index in [1.54, 1.807) is 7.11 Å². The third-order valence-electron chi connectivity index (χ3n) is 4.63. The zero-order valence-corrected chi connectivity index (χ0v) is 14.7. The Bertz CT molecular complexity index is 673. The molecular weight excluding hydrogens is 314 g/mol. The summed E-state index contributed by atoms with van der Waals surface area (Å²) in [5.41, 5.74) is 1.91. The molecule has 1 aliphatic rings. The molecule has 1 saturated heterocycles. The first-order chi connectivity index (χ1) is 12.3. The second-order valence-corrected chi connectivity index (χ2v) is 6.55. The number of ether oxygens (including phenoxy) is 1. The van der Waals surface area contributed by atoms with Crippen molar-refractivity contribution in [1.82, 2.24) is 14.9 Å². The highest BCUT2D eigenvalue weighted by Gasteiger charge is 2.26. The molecule has 0 radical (unpaired) electrons. The SMILES string of the molecule is COCCc1ncc(CN2CCCC(C(=O)c3ccccc3)C2)cn1. The molecule has 132 valence electrons. The van der Waals surface area contributed by atoms with Gasteiger partial charge in [-0.2, -0.15) is 0 Å². The average Bonchev–Trinajstić information content (AvgIpc) is 2.68. The average molecular weight is 339 g/mol. The highest BCUT2D eigenvalue weighted by atomic mass is 16.5.